The van der Waals surface area contributed by atoms with Gasteiger partial charge in [-0.1, -0.05) is 42.1 Å². The number of carbonyl (C=O) groups is 1. The van der Waals surface area contributed by atoms with Gasteiger partial charge in [0.05, 0.1) is 23.7 Å². The van der Waals surface area contributed by atoms with Crippen molar-refractivity contribution in [2.75, 3.05) is 18.1 Å². The van der Waals surface area contributed by atoms with Gasteiger partial charge in [0.1, 0.15) is 17.3 Å². The van der Waals surface area contributed by atoms with Crippen molar-refractivity contribution in [3.05, 3.63) is 66.4 Å². The molecule has 2 aromatic heterocycles. The molecule has 4 rings (SSSR count). The quantitative estimate of drug-likeness (QED) is 0.277. The van der Waals surface area contributed by atoms with E-state index >= 15 is 0 Å². The second-order valence-electron chi connectivity index (χ2n) is 7.63. The summed E-state index contributed by atoms with van der Waals surface area (Å²) in [6.45, 7) is 4.99. The van der Waals surface area contributed by atoms with Crippen LogP contribution in [-0.4, -0.2) is 44.5 Å². The lowest BCUT2D eigenvalue weighted by molar-refractivity contribution is 0.0949. The zero-order valence-corrected chi connectivity index (χ0v) is 19.6. The highest BCUT2D eigenvalue weighted by Crippen LogP contribution is 2.25. The van der Waals surface area contributed by atoms with Crippen LogP contribution in [0.4, 0.5) is 5.82 Å². The highest BCUT2D eigenvalue weighted by molar-refractivity contribution is 7.98. The van der Waals surface area contributed by atoms with Crippen LogP contribution in [0.2, 0.25) is 0 Å². The SMILES string of the molecule is CSc1nc(NC(C)C)c2cnn(CCNC(=O)c3ccccc3Oc3ccccc3)c2n1. The molecule has 0 saturated heterocycles. The number of nitrogens with zero attached hydrogens (tertiary/aromatic N) is 4. The average molecular weight is 463 g/mol. The summed E-state index contributed by atoms with van der Waals surface area (Å²) in [5, 5.41) is 12.3. The van der Waals surface area contributed by atoms with E-state index < -0.39 is 0 Å². The maximum absolute atomic E-state index is 12.9. The number of hydrogen-bond acceptors (Lipinski definition) is 7. The molecule has 33 heavy (non-hydrogen) atoms. The number of hydrogen-bond donors (Lipinski definition) is 2. The first-order chi connectivity index (χ1) is 16.0. The lowest BCUT2D eigenvalue weighted by Gasteiger charge is -2.12. The Balaban J connectivity index is 1.46. The summed E-state index contributed by atoms with van der Waals surface area (Å²) < 4.78 is 7.69. The minimum Gasteiger partial charge on any atom is -0.457 e. The zero-order valence-electron chi connectivity index (χ0n) is 18.8. The molecule has 0 aliphatic carbocycles. The van der Waals surface area contributed by atoms with Gasteiger partial charge in [0.2, 0.25) is 0 Å². The number of ether oxygens (including phenoxy) is 1. The first-order valence-electron chi connectivity index (χ1n) is 10.7. The van der Waals surface area contributed by atoms with Gasteiger partial charge in [-0.15, -0.1) is 0 Å². The van der Waals surface area contributed by atoms with Crippen molar-refractivity contribution in [3.63, 3.8) is 0 Å². The van der Waals surface area contributed by atoms with E-state index in [1.54, 1.807) is 23.0 Å². The van der Waals surface area contributed by atoms with Crippen LogP contribution in [0.15, 0.2) is 66.0 Å². The third-order valence-corrected chi connectivity index (χ3v) is 5.34. The topological polar surface area (TPSA) is 94.0 Å². The standard InChI is InChI=1S/C24H26N6O2S/c1-16(2)27-21-19-15-26-30(22(19)29-24(28-21)33-3)14-13-25-23(31)18-11-7-8-12-20(18)32-17-9-5-4-6-10-17/h4-12,15-16H,13-14H2,1-3H3,(H,25,31)(H,27,28,29). The fraction of sp³-hybridized carbons (Fsp3) is 0.250. The second kappa shape index (κ2) is 10.4. The van der Waals surface area contributed by atoms with E-state index in [0.29, 0.717) is 35.3 Å². The zero-order chi connectivity index (χ0) is 23.2. The Bertz CT molecular complexity index is 1240. The van der Waals surface area contributed by atoms with Crippen LogP contribution in [0.3, 0.4) is 0 Å². The van der Waals surface area contributed by atoms with Crippen molar-refractivity contribution in [1.82, 2.24) is 25.1 Å². The number of nitrogens with one attached hydrogen (secondary N) is 2. The van der Waals surface area contributed by atoms with E-state index in [1.807, 2.05) is 48.7 Å². The lowest BCUT2D eigenvalue weighted by atomic mass is 10.2. The third kappa shape index (κ3) is 5.43. The van der Waals surface area contributed by atoms with Crippen LogP contribution in [-0.2, 0) is 6.54 Å². The highest BCUT2D eigenvalue weighted by Gasteiger charge is 2.15. The van der Waals surface area contributed by atoms with E-state index in [0.717, 1.165) is 16.9 Å². The fourth-order valence-electron chi connectivity index (χ4n) is 3.30. The molecule has 0 saturated carbocycles. The van der Waals surface area contributed by atoms with Gasteiger partial charge in [0.25, 0.3) is 5.91 Å². The molecule has 0 unspecified atom stereocenters. The first kappa shape index (κ1) is 22.6. The molecule has 8 nitrogen and oxygen atoms in total. The van der Waals surface area contributed by atoms with Gasteiger partial charge in [-0.3, -0.25) is 4.79 Å². The monoisotopic (exact) mass is 462 g/mol. The smallest absolute Gasteiger partial charge is 0.255 e. The molecule has 9 heteroatoms. The molecule has 4 aromatic rings. The minimum absolute atomic E-state index is 0.209. The lowest BCUT2D eigenvalue weighted by Crippen LogP contribution is -2.27. The number of carbonyl (C=O) groups excluding carboxylic acids is 1. The Hall–Kier alpha value is -3.59. The van der Waals surface area contributed by atoms with Gasteiger partial charge in [0.15, 0.2) is 10.8 Å². The van der Waals surface area contributed by atoms with Crippen molar-refractivity contribution in [2.45, 2.75) is 31.6 Å². The number of anilines is 1. The van der Waals surface area contributed by atoms with E-state index in [1.165, 1.54) is 11.8 Å². The Labute approximate surface area is 196 Å². The Morgan fingerprint density at radius 3 is 2.61 bits per heavy atom. The minimum atomic E-state index is -0.209. The Morgan fingerprint density at radius 2 is 1.85 bits per heavy atom. The number of rotatable bonds is 9. The summed E-state index contributed by atoms with van der Waals surface area (Å²) in [6.07, 6.45) is 3.70. The summed E-state index contributed by atoms with van der Waals surface area (Å²) in [5.41, 5.74) is 1.21. The maximum atomic E-state index is 12.9. The molecule has 0 radical (unpaired) electrons. The molecule has 0 fully saturated rings. The maximum Gasteiger partial charge on any atom is 0.255 e. The number of benzene rings is 2. The van der Waals surface area contributed by atoms with Crippen molar-refractivity contribution in [3.8, 4) is 11.5 Å². The van der Waals surface area contributed by atoms with Crippen LogP contribution < -0.4 is 15.4 Å². The summed E-state index contributed by atoms with van der Waals surface area (Å²) in [5.74, 6) is 1.74. The normalized spacial score (nSPS) is 11.0. The van der Waals surface area contributed by atoms with Crippen LogP contribution in [0.25, 0.3) is 11.0 Å². The number of para-hydroxylation sites is 2. The van der Waals surface area contributed by atoms with Crippen molar-refractivity contribution in [2.24, 2.45) is 0 Å². The van der Waals surface area contributed by atoms with Gasteiger partial charge >= 0.3 is 0 Å². The molecule has 0 aliphatic rings. The molecule has 0 spiro atoms. The molecular weight excluding hydrogens is 436 g/mol. The van der Waals surface area contributed by atoms with Crippen LogP contribution in [0, 0.1) is 0 Å². The van der Waals surface area contributed by atoms with Crippen molar-refractivity contribution >= 4 is 34.5 Å². The third-order valence-electron chi connectivity index (χ3n) is 4.80. The second-order valence-corrected chi connectivity index (χ2v) is 8.40. The molecule has 0 aliphatic heterocycles. The van der Waals surface area contributed by atoms with Gasteiger partial charge in [-0.05, 0) is 44.4 Å². The van der Waals surface area contributed by atoms with E-state index in [9.17, 15) is 4.79 Å². The van der Waals surface area contributed by atoms with E-state index in [-0.39, 0.29) is 11.9 Å². The molecule has 0 atom stereocenters. The molecule has 170 valence electrons. The summed E-state index contributed by atoms with van der Waals surface area (Å²) in [7, 11) is 0. The Morgan fingerprint density at radius 1 is 1.09 bits per heavy atom. The number of aromatic nitrogens is 4. The largest absolute Gasteiger partial charge is 0.457 e. The van der Waals surface area contributed by atoms with Gasteiger partial charge < -0.3 is 15.4 Å². The van der Waals surface area contributed by atoms with E-state index in [4.69, 9.17) is 4.74 Å². The molecule has 0 bridgehead atoms. The molecule has 1 amide bonds. The van der Waals surface area contributed by atoms with Crippen LogP contribution in [0.1, 0.15) is 24.2 Å². The van der Waals surface area contributed by atoms with Crippen molar-refractivity contribution in [1.29, 1.82) is 0 Å². The number of fused-ring (bicyclic) bond motifs is 1. The Kier molecular flexibility index (Phi) is 7.09. The summed E-state index contributed by atoms with van der Waals surface area (Å²) in [6, 6.07) is 16.8. The predicted molar refractivity (Wildman–Crippen MR) is 131 cm³/mol. The number of thioether (sulfide) groups is 1. The molecule has 2 heterocycles. The van der Waals surface area contributed by atoms with Crippen molar-refractivity contribution < 1.29 is 9.53 Å². The van der Waals surface area contributed by atoms with Gasteiger partial charge in [-0.25, -0.2) is 14.6 Å². The van der Waals surface area contributed by atoms with Gasteiger partial charge in [0, 0.05) is 12.6 Å². The molecule has 2 N–H and O–H groups in total. The summed E-state index contributed by atoms with van der Waals surface area (Å²) in [4.78, 5) is 22.1. The van der Waals surface area contributed by atoms with E-state index in [2.05, 4.69) is 39.5 Å². The van der Waals surface area contributed by atoms with Gasteiger partial charge in [-0.2, -0.15) is 5.10 Å². The number of amides is 1. The first-order valence-corrected chi connectivity index (χ1v) is 11.9. The van der Waals surface area contributed by atoms with Crippen LogP contribution >= 0.6 is 11.8 Å². The molecule has 2 aromatic carbocycles. The summed E-state index contributed by atoms with van der Waals surface area (Å²) >= 11 is 1.48. The fourth-order valence-corrected chi connectivity index (χ4v) is 3.66. The molecular formula is C24H26N6O2S. The average Bonchev–Trinajstić information content (AvgIpc) is 3.23. The predicted octanol–water partition coefficient (Wildman–Crippen LogP) is 4.59. The van der Waals surface area contributed by atoms with Crippen LogP contribution in [0.5, 0.6) is 11.5 Å². The highest BCUT2D eigenvalue weighted by atomic mass is 32.2.